The molecule has 0 heterocycles. The Morgan fingerprint density at radius 2 is 2.05 bits per heavy atom. The van der Waals surface area contributed by atoms with Gasteiger partial charge in [-0.15, -0.1) is 0 Å². The van der Waals surface area contributed by atoms with E-state index < -0.39 is 15.8 Å². The summed E-state index contributed by atoms with van der Waals surface area (Å²) in [6, 6.07) is 4.23. The third-order valence-corrected chi connectivity index (χ3v) is 4.41. The Hall–Kier alpha value is -1.34. The molecule has 0 radical (unpaired) electrons. The minimum atomic E-state index is -3.53. The highest BCUT2D eigenvalue weighted by atomic mass is 32.2. The molecule has 1 aliphatic rings. The van der Waals surface area contributed by atoms with E-state index in [9.17, 15) is 17.9 Å². The average Bonchev–Trinajstić information content (AvgIpc) is 2.31. The number of aliphatic hydroxyl groups is 1. The molecule has 0 aliphatic heterocycles. The summed E-state index contributed by atoms with van der Waals surface area (Å²) in [5, 5.41) is 12.9. The molecule has 0 aromatic heterocycles. The number of aliphatic hydroxyl groups excluding tert-OH is 1. The molecule has 2 rings (SSSR count). The van der Waals surface area contributed by atoms with Crippen molar-refractivity contribution in [3.8, 4) is 0 Å². The van der Waals surface area contributed by atoms with Crippen molar-refractivity contribution in [2.45, 2.75) is 32.4 Å². The normalized spacial score (nSPS) is 24.9. The topological polar surface area (TPSA) is 78.4 Å². The summed E-state index contributed by atoms with van der Waals surface area (Å²) in [6.07, 6.45) is 1.21. The summed E-state index contributed by atoms with van der Waals surface area (Å²) in [7, 11) is -3.53. The van der Waals surface area contributed by atoms with Crippen LogP contribution in [0.2, 0.25) is 0 Å². The second kappa shape index (κ2) is 4.89. The van der Waals surface area contributed by atoms with Gasteiger partial charge in [0, 0.05) is 17.1 Å². The van der Waals surface area contributed by atoms with Crippen LogP contribution in [0.25, 0.3) is 0 Å². The Morgan fingerprint density at radius 3 is 2.55 bits per heavy atom. The van der Waals surface area contributed by atoms with Crippen LogP contribution in [0.15, 0.2) is 18.2 Å². The van der Waals surface area contributed by atoms with Gasteiger partial charge in [0.05, 0.1) is 18.0 Å². The molecular weight excluding hydrogens is 283 g/mol. The van der Waals surface area contributed by atoms with Crippen molar-refractivity contribution in [3.63, 3.8) is 0 Å². The molecule has 1 saturated carbocycles. The molecule has 7 heteroatoms. The summed E-state index contributed by atoms with van der Waals surface area (Å²) in [5.41, 5.74) is 0.261. The number of hydrogen-bond acceptors (Lipinski definition) is 4. The van der Waals surface area contributed by atoms with E-state index in [1.807, 2.05) is 13.8 Å². The van der Waals surface area contributed by atoms with Crippen molar-refractivity contribution in [2.75, 3.05) is 16.3 Å². The van der Waals surface area contributed by atoms with E-state index in [0.717, 1.165) is 6.26 Å². The lowest BCUT2D eigenvalue weighted by Crippen LogP contribution is -2.56. The van der Waals surface area contributed by atoms with Crippen LogP contribution >= 0.6 is 0 Å². The van der Waals surface area contributed by atoms with E-state index in [4.69, 9.17) is 0 Å². The van der Waals surface area contributed by atoms with Crippen molar-refractivity contribution >= 4 is 21.4 Å². The highest BCUT2D eigenvalue weighted by Crippen LogP contribution is 2.42. The maximum Gasteiger partial charge on any atom is 0.229 e. The molecule has 1 aromatic carbocycles. The van der Waals surface area contributed by atoms with Crippen LogP contribution in [-0.2, 0) is 10.0 Å². The van der Waals surface area contributed by atoms with Crippen molar-refractivity contribution in [3.05, 3.63) is 24.0 Å². The second-order valence-corrected chi connectivity index (χ2v) is 7.59. The Morgan fingerprint density at radius 1 is 1.40 bits per heavy atom. The highest BCUT2D eigenvalue weighted by Gasteiger charge is 2.47. The van der Waals surface area contributed by atoms with Crippen LogP contribution < -0.4 is 10.0 Å². The third-order valence-electron chi connectivity index (χ3n) is 3.82. The van der Waals surface area contributed by atoms with Crippen LogP contribution in [0.3, 0.4) is 0 Å². The number of anilines is 2. The number of benzene rings is 1. The molecule has 5 nitrogen and oxygen atoms in total. The number of rotatable bonds is 4. The predicted octanol–water partition coefficient (Wildman–Crippen LogP) is 1.77. The molecule has 2 unspecified atom stereocenters. The van der Waals surface area contributed by atoms with Gasteiger partial charge in [-0.05, 0) is 24.6 Å². The van der Waals surface area contributed by atoms with Gasteiger partial charge < -0.3 is 10.4 Å². The molecule has 0 saturated heterocycles. The maximum atomic E-state index is 13.6. The van der Waals surface area contributed by atoms with Gasteiger partial charge in [-0.25, -0.2) is 12.8 Å². The van der Waals surface area contributed by atoms with E-state index in [-0.39, 0.29) is 23.2 Å². The third kappa shape index (κ3) is 3.04. The first-order valence-corrected chi connectivity index (χ1v) is 8.20. The van der Waals surface area contributed by atoms with E-state index in [2.05, 4.69) is 10.0 Å². The molecule has 0 spiro atoms. The largest absolute Gasteiger partial charge is 0.392 e. The van der Waals surface area contributed by atoms with Crippen LogP contribution in [0.1, 0.15) is 20.3 Å². The SMILES string of the molecule is CC1(C)C(O)CC1Nc1ccc(F)c(NS(C)(=O)=O)c1. The first-order valence-electron chi connectivity index (χ1n) is 6.31. The summed E-state index contributed by atoms with van der Waals surface area (Å²) < 4.78 is 38.0. The van der Waals surface area contributed by atoms with E-state index >= 15 is 0 Å². The molecule has 1 aliphatic carbocycles. The molecule has 112 valence electrons. The highest BCUT2D eigenvalue weighted by molar-refractivity contribution is 7.92. The average molecular weight is 302 g/mol. The minimum Gasteiger partial charge on any atom is -0.392 e. The van der Waals surface area contributed by atoms with E-state index in [0.29, 0.717) is 12.1 Å². The first kappa shape index (κ1) is 15.1. The Kier molecular flexibility index (Phi) is 3.68. The zero-order chi connectivity index (χ0) is 15.1. The van der Waals surface area contributed by atoms with Crippen molar-refractivity contribution in [2.24, 2.45) is 5.41 Å². The van der Waals surface area contributed by atoms with Crippen molar-refractivity contribution < 1.29 is 17.9 Å². The standard InChI is InChI=1S/C13H19FN2O3S/c1-13(2)11(7-12(13)17)15-8-4-5-9(14)10(6-8)16-20(3,18)19/h4-6,11-12,15-17H,7H2,1-3H3. The van der Waals surface area contributed by atoms with Gasteiger partial charge in [-0.2, -0.15) is 0 Å². The molecular formula is C13H19FN2O3S. The Balaban J connectivity index is 2.16. The number of nitrogens with one attached hydrogen (secondary N) is 2. The van der Waals surface area contributed by atoms with Crippen molar-refractivity contribution in [1.82, 2.24) is 0 Å². The van der Waals surface area contributed by atoms with Gasteiger partial charge in [-0.1, -0.05) is 13.8 Å². The zero-order valence-corrected chi connectivity index (χ0v) is 12.5. The lowest BCUT2D eigenvalue weighted by molar-refractivity contribution is -0.0510. The van der Waals surface area contributed by atoms with E-state index in [1.54, 1.807) is 6.07 Å². The zero-order valence-electron chi connectivity index (χ0n) is 11.6. The second-order valence-electron chi connectivity index (χ2n) is 5.84. The van der Waals surface area contributed by atoms with Gasteiger partial charge in [0.25, 0.3) is 0 Å². The monoisotopic (exact) mass is 302 g/mol. The fraction of sp³-hybridized carbons (Fsp3) is 0.538. The fourth-order valence-corrected chi connectivity index (χ4v) is 2.80. The summed E-state index contributed by atoms with van der Waals surface area (Å²) in [6.45, 7) is 3.88. The fourth-order valence-electron chi connectivity index (χ4n) is 2.24. The predicted molar refractivity (Wildman–Crippen MR) is 76.7 cm³/mol. The van der Waals surface area contributed by atoms with Crippen LogP contribution in [-0.4, -0.2) is 31.9 Å². The molecule has 1 aromatic rings. The summed E-state index contributed by atoms with van der Waals surface area (Å²) in [4.78, 5) is 0. The minimum absolute atomic E-state index is 0.0639. The Labute approximate surface area is 118 Å². The number of halogens is 1. The molecule has 0 bridgehead atoms. The first-order chi connectivity index (χ1) is 9.09. The summed E-state index contributed by atoms with van der Waals surface area (Å²) >= 11 is 0. The molecule has 20 heavy (non-hydrogen) atoms. The molecule has 0 amide bonds. The molecule has 3 N–H and O–H groups in total. The maximum absolute atomic E-state index is 13.6. The quantitative estimate of drug-likeness (QED) is 0.792. The van der Waals surface area contributed by atoms with E-state index in [1.165, 1.54) is 12.1 Å². The number of hydrogen-bond donors (Lipinski definition) is 3. The lowest BCUT2D eigenvalue weighted by Gasteiger charge is -2.49. The van der Waals surface area contributed by atoms with Gasteiger partial charge in [0.15, 0.2) is 0 Å². The van der Waals surface area contributed by atoms with Crippen LogP contribution in [0.5, 0.6) is 0 Å². The molecule has 2 atom stereocenters. The van der Waals surface area contributed by atoms with Crippen LogP contribution in [0, 0.1) is 11.2 Å². The van der Waals surface area contributed by atoms with Gasteiger partial charge in [0.2, 0.25) is 10.0 Å². The summed E-state index contributed by atoms with van der Waals surface area (Å²) in [5.74, 6) is -0.631. The Bertz CT molecular complexity index is 616. The van der Waals surface area contributed by atoms with Gasteiger partial charge in [0.1, 0.15) is 5.82 Å². The van der Waals surface area contributed by atoms with Crippen LogP contribution in [0.4, 0.5) is 15.8 Å². The number of sulfonamides is 1. The van der Waals surface area contributed by atoms with Crippen molar-refractivity contribution in [1.29, 1.82) is 0 Å². The van der Waals surface area contributed by atoms with Gasteiger partial charge in [-0.3, -0.25) is 4.72 Å². The van der Waals surface area contributed by atoms with Gasteiger partial charge >= 0.3 is 0 Å². The smallest absolute Gasteiger partial charge is 0.229 e. The molecule has 1 fully saturated rings. The lowest BCUT2D eigenvalue weighted by atomic mass is 9.64.